The molecule has 0 radical (unpaired) electrons. The highest BCUT2D eigenvalue weighted by atomic mass is 16.6. The maximum absolute atomic E-state index is 12.2. The largest absolute Gasteiger partial charge is 0.463 e. The molecule has 0 saturated carbocycles. The van der Waals surface area contributed by atoms with Crippen molar-refractivity contribution in [3.63, 3.8) is 0 Å². The van der Waals surface area contributed by atoms with Crippen molar-refractivity contribution in [2.45, 2.75) is 38.4 Å². The van der Waals surface area contributed by atoms with E-state index in [-0.39, 0.29) is 23.7 Å². The average molecular weight is 395 g/mol. The number of rotatable bonds is 6. The number of carbonyl (C=O) groups is 2. The van der Waals surface area contributed by atoms with E-state index in [0.717, 1.165) is 0 Å². The van der Waals surface area contributed by atoms with Crippen LogP contribution in [0.25, 0.3) is 11.2 Å². The van der Waals surface area contributed by atoms with Gasteiger partial charge in [0.1, 0.15) is 18.8 Å². The summed E-state index contributed by atoms with van der Waals surface area (Å²) in [5.74, 6) is -0.784. The quantitative estimate of drug-likeness (QED) is 0.617. The summed E-state index contributed by atoms with van der Waals surface area (Å²) in [4.78, 5) is 45.9. The zero-order chi connectivity index (χ0) is 20.4. The minimum atomic E-state index is -0.838. The molecule has 1 saturated heterocycles. The Hall–Kier alpha value is -2.99. The second-order valence-corrected chi connectivity index (χ2v) is 6.13. The molecule has 1 aliphatic rings. The SMILES string of the molecule is CNc1nc2c(ncn2[C@@H]2O[C@H](COC(C)=O)C(OC(C)=O)[C@@H]2OC)c(=O)[nH]1. The second-order valence-electron chi connectivity index (χ2n) is 6.13. The van der Waals surface area contributed by atoms with Crippen molar-refractivity contribution in [1.29, 1.82) is 0 Å². The molecule has 28 heavy (non-hydrogen) atoms. The van der Waals surface area contributed by atoms with Gasteiger partial charge in [0.15, 0.2) is 23.5 Å². The number of carbonyl (C=O) groups excluding carboxylic acids is 2. The van der Waals surface area contributed by atoms with Gasteiger partial charge in [0.05, 0.1) is 6.33 Å². The first-order valence-electron chi connectivity index (χ1n) is 8.49. The number of hydrogen-bond acceptors (Lipinski definition) is 10. The Labute approximate surface area is 159 Å². The van der Waals surface area contributed by atoms with E-state index in [1.165, 1.54) is 31.9 Å². The van der Waals surface area contributed by atoms with Crippen LogP contribution in [0.3, 0.4) is 0 Å². The van der Waals surface area contributed by atoms with Gasteiger partial charge in [0.2, 0.25) is 5.95 Å². The number of anilines is 1. The van der Waals surface area contributed by atoms with E-state index in [1.54, 1.807) is 7.05 Å². The van der Waals surface area contributed by atoms with Gasteiger partial charge in [-0.1, -0.05) is 0 Å². The number of hydrogen-bond donors (Lipinski definition) is 2. The third-order valence-corrected chi connectivity index (χ3v) is 4.25. The Morgan fingerprint density at radius 1 is 1.32 bits per heavy atom. The van der Waals surface area contributed by atoms with Crippen molar-refractivity contribution >= 4 is 29.1 Å². The molecule has 0 aromatic carbocycles. The minimum absolute atomic E-state index is 0.116. The fourth-order valence-electron chi connectivity index (χ4n) is 3.08. The lowest BCUT2D eigenvalue weighted by molar-refractivity contribution is -0.157. The molecule has 2 aromatic rings. The predicted octanol–water partition coefficient (Wildman–Crippen LogP) is -0.431. The molecular weight excluding hydrogens is 374 g/mol. The first-order chi connectivity index (χ1) is 13.3. The Morgan fingerprint density at radius 2 is 2.07 bits per heavy atom. The van der Waals surface area contributed by atoms with Gasteiger partial charge in [-0.25, -0.2) is 4.98 Å². The molecule has 3 heterocycles. The summed E-state index contributed by atoms with van der Waals surface area (Å²) in [5.41, 5.74) is -0.0483. The average Bonchev–Trinajstić information content (AvgIpc) is 3.20. The molecule has 4 atom stereocenters. The highest BCUT2D eigenvalue weighted by molar-refractivity contribution is 5.71. The number of nitrogens with zero attached hydrogens (tertiary/aromatic N) is 3. The van der Waals surface area contributed by atoms with Gasteiger partial charge >= 0.3 is 11.9 Å². The summed E-state index contributed by atoms with van der Waals surface area (Å²) in [6.45, 7) is 2.39. The predicted molar refractivity (Wildman–Crippen MR) is 94.6 cm³/mol. The van der Waals surface area contributed by atoms with E-state index in [4.69, 9.17) is 18.9 Å². The highest BCUT2D eigenvalue weighted by Crippen LogP contribution is 2.35. The lowest BCUT2D eigenvalue weighted by Gasteiger charge is -2.22. The lowest BCUT2D eigenvalue weighted by atomic mass is 10.1. The summed E-state index contributed by atoms with van der Waals surface area (Å²) in [6.07, 6.45) is -1.79. The fraction of sp³-hybridized carbons (Fsp3) is 0.562. The van der Waals surface area contributed by atoms with Crippen molar-refractivity contribution in [2.75, 3.05) is 26.1 Å². The molecule has 12 nitrogen and oxygen atoms in total. The molecule has 0 spiro atoms. The lowest BCUT2D eigenvalue weighted by Crippen LogP contribution is -2.39. The van der Waals surface area contributed by atoms with Gasteiger partial charge in [-0.3, -0.25) is 23.9 Å². The zero-order valence-corrected chi connectivity index (χ0v) is 15.8. The normalized spacial score (nSPS) is 24.3. The van der Waals surface area contributed by atoms with Crippen LogP contribution >= 0.6 is 0 Å². The topological polar surface area (TPSA) is 147 Å². The maximum Gasteiger partial charge on any atom is 0.303 e. The number of imidazole rings is 1. The van der Waals surface area contributed by atoms with Crippen LogP contribution in [-0.2, 0) is 28.5 Å². The third kappa shape index (κ3) is 3.68. The molecule has 2 N–H and O–H groups in total. The van der Waals surface area contributed by atoms with Crippen LogP contribution in [0.2, 0.25) is 0 Å². The van der Waals surface area contributed by atoms with Crippen molar-refractivity contribution in [2.24, 2.45) is 0 Å². The van der Waals surface area contributed by atoms with Gasteiger partial charge in [0.25, 0.3) is 5.56 Å². The number of aromatic amines is 1. The van der Waals surface area contributed by atoms with E-state index < -0.39 is 42.0 Å². The minimum Gasteiger partial charge on any atom is -0.463 e. The number of aromatic nitrogens is 4. The van der Waals surface area contributed by atoms with Crippen molar-refractivity contribution in [3.8, 4) is 0 Å². The number of ether oxygens (including phenoxy) is 4. The molecule has 3 rings (SSSR count). The molecular formula is C16H21N5O7. The fourth-order valence-corrected chi connectivity index (χ4v) is 3.08. The number of nitrogens with one attached hydrogen (secondary N) is 2. The van der Waals surface area contributed by atoms with Crippen LogP contribution in [0.5, 0.6) is 0 Å². The van der Waals surface area contributed by atoms with Crippen LogP contribution in [0.1, 0.15) is 20.1 Å². The van der Waals surface area contributed by atoms with Crippen molar-refractivity contribution in [3.05, 3.63) is 16.7 Å². The van der Waals surface area contributed by atoms with Crippen LogP contribution < -0.4 is 10.9 Å². The van der Waals surface area contributed by atoms with Crippen LogP contribution in [-0.4, -0.2) is 70.5 Å². The molecule has 2 aromatic heterocycles. The van der Waals surface area contributed by atoms with Gasteiger partial charge in [-0.15, -0.1) is 0 Å². The van der Waals surface area contributed by atoms with Crippen LogP contribution in [0.15, 0.2) is 11.1 Å². The number of H-pyrrole nitrogens is 1. The summed E-state index contributed by atoms with van der Waals surface area (Å²) < 4.78 is 23.4. The molecule has 1 fully saturated rings. The number of esters is 2. The van der Waals surface area contributed by atoms with Gasteiger partial charge in [-0.2, -0.15) is 4.98 Å². The first kappa shape index (κ1) is 19.8. The van der Waals surface area contributed by atoms with E-state index in [0.29, 0.717) is 0 Å². The standard InChI is InChI=1S/C16H21N5O7/c1-7(22)26-5-9-11(27-8(2)23)12(25-4)15(28-9)21-6-18-10-13(21)19-16(17-3)20-14(10)24/h6,9,11-12,15H,5H2,1-4H3,(H2,17,19,20,24)/t9-,11?,12+,15-/m1/s1. The van der Waals surface area contributed by atoms with Gasteiger partial charge in [0, 0.05) is 28.0 Å². The molecule has 12 heteroatoms. The summed E-state index contributed by atoms with van der Waals surface area (Å²) in [5, 5.41) is 2.76. The maximum atomic E-state index is 12.2. The summed E-state index contributed by atoms with van der Waals surface area (Å²) in [6, 6.07) is 0. The Morgan fingerprint density at radius 3 is 2.68 bits per heavy atom. The van der Waals surface area contributed by atoms with E-state index in [1.807, 2.05) is 0 Å². The molecule has 0 bridgehead atoms. The second kappa shape index (κ2) is 7.94. The number of methoxy groups -OCH3 is 1. The molecule has 0 aliphatic carbocycles. The Kier molecular flexibility index (Phi) is 5.61. The first-order valence-corrected chi connectivity index (χ1v) is 8.49. The molecule has 1 aliphatic heterocycles. The Bertz CT molecular complexity index is 939. The van der Waals surface area contributed by atoms with Crippen molar-refractivity contribution in [1.82, 2.24) is 19.5 Å². The smallest absolute Gasteiger partial charge is 0.303 e. The zero-order valence-electron chi connectivity index (χ0n) is 15.8. The van der Waals surface area contributed by atoms with Gasteiger partial charge in [-0.05, 0) is 0 Å². The van der Waals surface area contributed by atoms with Crippen LogP contribution in [0, 0.1) is 0 Å². The summed E-state index contributed by atoms with van der Waals surface area (Å²) >= 11 is 0. The van der Waals surface area contributed by atoms with Crippen LogP contribution in [0.4, 0.5) is 5.95 Å². The molecule has 1 unspecified atom stereocenters. The van der Waals surface area contributed by atoms with E-state index in [2.05, 4.69) is 20.3 Å². The van der Waals surface area contributed by atoms with Gasteiger partial charge < -0.3 is 24.3 Å². The van der Waals surface area contributed by atoms with E-state index >= 15 is 0 Å². The third-order valence-electron chi connectivity index (χ3n) is 4.25. The molecule has 152 valence electrons. The monoisotopic (exact) mass is 395 g/mol. The Balaban J connectivity index is 2.01. The van der Waals surface area contributed by atoms with Crippen molar-refractivity contribution < 1.29 is 28.5 Å². The number of fused-ring (bicyclic) bond motifs is 1. The highest BCUT2D eigenvalue weighted by Gasteiger charge is 2.49. The molecule has 0 amide bonds. The summed E-state index contributed by atoms with van der Waals surface area (Å²) in [7, 11) is 3.05. The van der Waals surface area contributed by atoms with E-state index in [9.17, 15) is 14.4 Å².